The number of likely N-dealkylation sites (N-methyl/N-ethyl adjacent to an activating group) is 1. The number of unbranched alkanes of at least 4 members (excludes halogenated alkanes) is 29. The molecule has 9 heteroatoms. The van der Waals surface area contributed by atoms with Crippen LogP contribution in [0.4, 0.5) is 0 Å². The highest BCUT2D eigenvalue weighted by atomic mass is 16.7. The zero-order valence-corrected chi connectivity index (χ0v) is 61.7. The van der Waals surface area contributed by atoms with Crippen LogP contribution in [-0.2, 0) is 33.3 Å². The van der Waals surface area contributed by atoms with Gasteiger partial charge in [0.25, 0.3) is 0 Å². The van der Waals surface area contributed by atoms with Gasteiger partial charge in [-0.05, 0) is 128 Å². The fraction of sp³-hybridized carbons (Fsp3) is 0.663. The number of rotatable bonds is 70. The van der Waals surface area contributed by atoms with Crippen molar-refractivity contribution >= 4 is 17.9 Å². The van der Waals surface area contributed by atoms with E-state index < -0.39 is 24.3 Å². The van der Waals surface area contributed by atoms with Crippen LogP contribution in [0.15, 0.2) is 158 Å². The summed E-state index contributed by atoms with van der Waals surface area (Å²) in [4.78, 5) is 37.6. The van der Waals surface area contributed by atoms with E-state index in [0.29, 0.717) is 17.4 Å². The van der Waals surface area contributed by atoms with Gasteiger partial charge in [0.05, 0.1) is 40.3 Å². The molecule has 0 aromatic carbocycles. The molecule has 0 fully saturated rings. The first kappa shape index (κ1) is 89.9. The molecule has 0 aliphatic rings. The van der Waals surface area contributed by atoms with Crippen molar-refractivity contribution in [2.75, 3.05) is 47.5 Å². The SMILES string of the molecule is CC/C=C\C/C=C\C/C=C\C/C=C\C/C=C\C/C=C\C/C=C\C/C=C\C/C=C\C/C=C\CCCCCCCCCCCCC(=O)OC(COC(=O)CCCCCCCCCCCCCCCC/C=C\C/C=C\C/C=C\CCCCCCC)COC(OCC[N+](C)(C)C)C(=O)[O-]. The van der Waals surface area contributed by atoms with Crippen molar-refractivity contribution in [2.45, 2.75) is 322 Å². The predicted octanol–water partition coefficient (Wildman–Crippen LogP) is 23.5. The fourth-order valence-electron chi connectivity index (χ4n) is 10.4. The van der Waals surface area contributed by atoms with Crippen molar-refractivity contribution in [3.05, 3.63) is 158 Å². The van der Waals surface area contributed by atoms with Crippen molar-refractivity contribution in [3.8, 4) is 0 Å². The van der Waals surface area contributed by atoms with E-state index in [0.717, 1.165) is 122 Å². The van der Waals surface area contributed by atoms with Gasteiger partial charge in [0, 0.05) is 12.8 Å². The number of hydrogen-bond acceptors (Lipinski definition) is 8. The monoisotopic (exact) mass is 1320 g/mol. The topological polar surface area (TPSA) is 111 Å². The number of carboxylic acid groups (broad SMARTS) is 1. The number of esters is 2. The molecule has 0 saturated heterocycles. The molecule has 0 aromatic heterocycles. The van der Waals surface area contributed by atoms with E-state index in [-0.39, 0.29) is 38.6 Å². The number of ether oxygens (including phenoxy) is 4. The number of carboxylic acids is 1. The Labute approximate surface area is 584 Å². The van der Waals surface area contributed by atoms with Crippen molar-refractivity contribution in [3.63, 3.8) is 0 Å². The molecule has 0 rings (SSSR count). The fourth-order valence-corrected chi connectivity index (χ4v) is 10.4. The Morgan fingerprint density at radius 3 is 0.895 bits per heavy atom. The van der Waals surface area contributed by atoms with Crippen LogP contribution >= 0.6 is 0 Å². The maximum atomic E-state index is 13.0. The molecule has 0 saturated carbocycles. The van der Waals surface area contributed by atoms with Gasteiger partial charge in [-0.2, -0.15) is 0 Å². The lowest BCUT2D eigenvalue weighted by Crippen LogP contribution is -2.44. The molecule has 9 nitrogen and oxygen atoms in total. The largest absolute Gasteiger partial charge is 0.545 e. The zero-order valence-electron chi connectivity index (χ0n) is 61.7. The van der Waals surface area contributed by atoms with Crippen LogP contribution in [0.3, 0.4) is 0 Å². The summed E-state index contributed by atoms with van der Waals surface area (Å²) in [7, 11) is 5.93. The van der Waals surface area contributed by atoms with Gasteiger partial charge in [-0.1, -0.05) is 326 Å². The Hall–Kier alpha value is -5.09. The van der Waals surface area contributed by atoms with E-state index in [4.69, 9.17) is 18.9 Å². The third kappa shape index (κ3) is 76.1. The van der Waals surface area contributed by atoms with Crippen molar-refractivity contribution in [1.29, 1.82) is 0 Å². The second kappa shape index (κ2) is 74.7. The normalized spacial score (nSPS) is 13.6. The van der Waals surface area contributed by atoms with Gasteiger partial charge in [-0.25, -0.2) is 0 Å². The predicted molar refractivity (Wildman–Crippen MR) is 407 cm³/mol. The molecule has 2 atom stereocenters. The highest BCUT2D eigenvalue weighted by Crippen LogP contribution is 2.17. The summed E-state index contributed by atoms with van der Waals surface area (Å²) in [6, 6.07) is 0. The molecule has 0 amide bonds. The van der Waals surface area contributed by atoms with E-state index in [2.05, 4.69) is 172 Å². The Balaban J connectivity index is 4.12. The second-order valence-electron chi connectivity index (χ2n) is 26.6. The highest BCUT2D eigenvalue weighted by Gasteiger charge is 2.22. The van der Waals surface area contributed by atoms with Crippen LogP contribution in [0, 0.1) is 0 Å². The lowest BCUT2D eigenvalue weighted by Gasteiger charge is -2.26. The number of carbonyl (C=O) groups is 3. The molecular formula is C86H143NO8. The number of aliphatic carboxylic acids is 1. The second-order valence-corrected chi connectivity index (χ2v) is 26.6. The summed E-state index contributed by atoms with van der Waals surface area (Å²) in [5.74, 6) is -2.29. The summed E-state index contributed by atoms with van der Waals surface area (Å²) in [5.41, 5.74) is 0. The van der Waals surface area contributed by atoms with Gasteiger partial charge in [-0.3, -0.25) is 9.59 Å². The van der Waals surface area contributed by atoms with Crippen LogP contribution in [0.5, 0.6) is 0 Å². The summed E-state index contributed by atoms with van der Waals surface area (Å²) in [6.45, 7) is 4.63. The average Bonchev–Trinajstić information content (AvgIpc) is 3.54. The Kier molecular flexibility index (Phi) is 70.7. The summed E-state index contributed by atoms with van der Waals surface area (Å²) in [5, 5.41) is 11.9. The quantitative estimate of drug-likeness (QED) is 0.0195. The number of quaternary nitrogens is 1. The van der Waals surface area contributed by atoms with Crippen LogP contribution in [-0.4, -0.2) is 82.3 Å². The summed E-state index contributed by atoms with van der Waals surface area (Å²) >= 11 is 0. The van der Waals surface area contributed by atoms with E-state index in [1.54, 1.807) is 0 Å². The van der Waals surface area contributed by atoms with Crippen LogP contribution < -0.4 is 5.11 Å². The minimum Gasteiger partial charge on any atom is -0.545 e. The Bertz CT molecular complexity index is 2130. The molecule has 540 valence electrons. The molecule has 0 spiro atoms. The van der Waals surface area contributed by atoms with Crippen LogP contribution in [0.25, 0.3) is 0 Å². The molecule has 0 aliphatic carbocycles. The van der Waals surface area contributed by atoms with Gasteiger partial charge in [-0.15, -0.1) is 0 Å². The standard InChI is InChI=1S/C86H143NO8/c1-6-8-10-12-14-16-18-20-22-24-26-28-30-32-34-36-37-38-39-40-41-42-43-44-45-46-47-49-51-53-55-57-59-61-63-65-67-69-71-73-75-77-84(89)95-82(81-94-86(85(90)91)92-79-78-87(3,4)5)80-93-83(88)76-74-72-70-68-66-64-62-60-58-56-54-52-50-48-35-33-31-29-27-25-23-21-19-17-15-13-11-9-7-2/h8,10,14,16,19-22,25-28,31-34,37-38,40-41,43-44,46-47,51,53,82,86H,6-7,9,11-13,15,17-18,23-24,29-30,35-36,39,42,45,48-50,52,54-81H2,1-5H3/b10-8-,16-14-,21-19-,22-20-,27-25-,28-26-,33-31-,34-32-,38-37-,41-40-,44-43-,47-46-,53-51-. The van der Waals surface area contributed by atoms with Crippen molar-refractivity contribution < 1.29 is 42.9 Å². The van der Waals surface area contributed by atoms with Crippen LogP contribution in [0.1, 0.15) is 309 Å². The molecule has 0 bridgehead atoms. The lowest BCUT2D eigenvalue weighted by molar-refractivity contribution is -0.870. The zero-order chi connectivity index (χ0) is 69.0. The lowest BCUT2D eigenvalue weighted by atomic mass is 10.0. The first-order chi connectivity index (χ1) is 46.6. The third-order valence-corrected chi connectivity index (χ3v) is 16.3. The molecule has 0 aromatic rings. The van der Waals surface area contributed by atoms with Gasteiger partial charge < -0.3 is 33.3 Å². The smallest absolute Gasteiger partial charge is 0.306 e. The van der Waals surface area contributed by atoms with Gasteiger partial charge in [0.15, 0.2) is 12.4 Å². The maximum Gasteiger partial charge on any atom is 0.306 e. The number of allylic oxidation sites excluding steroid dienone is 26. The number of carbonyl (C=O) groups excluding carboxylic acids is 3. The first-order valence-corrected chi connectivity index (χ1v) is 38.6. The number of hydrogen-bond donors (Lipinski definition) is 0. The van der Waals surface area contributed by atoms with Gasteiger partial charge in [0.1, 0.15) is 13.2 Å². The molecule has 0 radical (unpaired) electrons. The Morgan fingerprint density at radius 1 is 0.326 bits per heavy atom. The maximum absolute atomic E-state index is 13.0. The minimum atomic E-state index is -1.63. The van der Waals surface area contributed by atoms with Gasteiger partial charge >= 0.3 is 11.9 Å². The molecule has 0 aliphatic heterocycles. The van der Waals surface area contributed by atoms with E-state index in [1.807, 2.05) is 21.1 Å². The van der Waals surface area contributed by atoms with Gasteiger partial charge in [0.2, 0.25) is 0 Å². The minimum absolute atomic E-state index is 0.140. The van der Waals surface area contributed by atoms with E-state index in [9.17, 15) is 19.5 Å². The third-order valence-electron chi connectivity index (χ3n) is 16.3. The van der Waals surface area contributed by atoms with Crippen LogP contribution in [0.2, 0.25) is 0 Å². The van der Waals surface area contributed by atoms with E-state index in [1.165, 1.54) is 154 Å². The summed E-state index contributed by atoms with van der Waals surface area (Å²) < 4.78 is 22.8. The molecule has 0 heterocycles. The first-order valence-electron chi connectivity index (χ1n) is 38.6. The molecule has 0 N–H and O–H groups in total. The Morgan fingerprint density at radius 2 is 0.600 bits per heavy atom. The molecular weight excluding hydrogens is 1170 g/mol. The molecule has 95 heavy (non-hydrogen) atoms. The van der Waals surface area contributed by atoms with Crippen molar-refractivity contribution in [2.24, 2.45) is 0 Å². The summed E-state index contributed by atoms with van der Waals surface area (Å²) in [6.07, 6.45) is 108. The highest BCUT2D eigenvalue weighted by molar-refractivity contribution is 5.70. The van der Waals surface area contributed by atoms with E-state index >= 15 is 0 Å². The molecule has 2 unspecified atom stereocenters. The number of nitrogens with zero attached hydrogens (tertiary/aromatic N) is 1. The average molecular weight is 1320 g/mol. The van der Waals surface area contributed by atoms with Crippen molar-refractivity contribution in [1.82, 2.24) is 0 Å².